The Morgan fingerprint density at radius 1 is 1.09 bits per heavy atom. The minimum atomic E-state index is -0.846. The quantitative estimate of drug-likeness (QED) is 0.356. The van der Waals surface area contributed by atoms with Crippen LogP contribution in [0.3, 0.4) is 0 Å². The average Bonchev–Trinajstić information content (AvgIpc) is 2.83. The number of nitrogens with zero attached hydrogens (tertiary/aromatic N) is 3. The van der Waals surface area contributed by atoms with Crippen molar-refractivity contribution < 1.29 is 13.6 Å². The molecule has 3 aromatic rings. The van der Waals surface area contributed by atoms with Crippen molar-refractivity contribution in [2.75, 3.05) is 11.9 Å². The van der Waals surface area contributed by atoms with E-state index >= 15 is 0 Å². The second-order valence-corrected chi connectivity index (χ2v) is 8.27. The largest absolute Gasteiger partial charge is 0.322 e. The highest BCUT2D eigenvalue weighted by Crippen LogP contribution is 2.26. The lowest BCUT2D eigenvalue weighted by molar-refractivity contribution is 0.178. The van der Waals surface area contributed by atoms with Gasteiger partial charge in [-0.2, -0.15) is 0 Å². The molecule has 6 nitrogen and oxygen atoms in total. The second kappa shape index (κ2) is 11.7. The third-order valence-electron chi connectivity index (χ3n) is 5.95. The van der Waals surface area contributed by atoms with Crippen LogP contribution in [0.5, 0.6) is 0 Å². The Morgan fingerprint density at radius 3 is 2.53 bits per heavy atom. The van der Waals surface area contributed by atoms with Gasteiger partial charge in [-0.3, -0.25) is 9.36 Å². The average molecular weight is 471 g/mol. The summed E-state index contributed by atoms with van der Waals surface area (Å²) in [5.41, 5.74) is 0.318. The standard InChI is InChI=1S/C26H32F2N4O2/c1-4-7-8-11-16-32(26(34)30-22-15-14-18(27)17-20(22)28)23(5-2)24-29-21-13-10-9-12-19(21)25(33)31(24)6-3/h9-10,12-15,17,23H,4-8,11,16H2,1-3H3,(H,30,34). The van der Waals surface area contributed by atoms with E-state index in [1.54, 1.807) is 27.7 Å². The lowest BCUT2D eigenvalue weighted by Gasteiger charge is -2.32. The minimum Gasteiger partial charge on any atom is -0.314 e. The predicted molar refractivity (Wildman–Crippen MR) is 131 cm³/mol. The SMILES string of the molecule is CCCCCCN(C(=O)Nc1ccc(F)cc1F)C(CC)c1nc2ccccc2c(=O)n1CC. The van der Waals surface area contributed by atoms with E-state index in [0.29, 0.717) is 36.2 Å². The Balaban J connectivity index is 2.02. The molecule has 0 aliphatic carbocycles. The maximum atomic E-state index is 14.2. The van der Waals surface area contributed by atoms with Gasteiger partial charge >= 0.3 is 6.03 Å². The summed E-state index contributed by atoms with van der Waals surface area (Å²) in [5.74, 6) is -1.06. The zero-order valence-electron chi connectivity index (χ0n) is 20.0. The molecule has 8 heteroatoms. The van der Waals surface area contributed by atoms with Gasteiger partial charge in [0.15, 0.2) is 0 Å². The molecule has 0 saturated heterocycles. The summed E-state index contributed by atoms with van der Waals surface area (Å²) in [6.07, 6.45) is 4.29. The molecule has 1 heterocycles. The summed E-state index contributed by atoms with van der Waals surface area (Å²) in [6, 6.07) is 9.17. The van der Waals surface area contributed by atoms with Gasteiger partial charge in [0.2, 0.25) is 0 Å². The van der Waals surface area contributed by atoms with E-state index in [0.717, 1.165) is 37.8 Å². The predicted octanol–water partition coefficient (Wildman–Crippen LogP) is 6.26. The highest BCUT2D eigenvalue weighted by molar-refractivity contribution is 5.89. The number of hydrogen-bond donors (Lipinski definition) is 1. The summed E-state index contributed by atoms with van der Waals surface area (Å²) < 4.78 is 29.2. The van der Waals surface area contributed by atoms with Gasteiger partial charge in [0.1, 0.15) is 17.5 Å². The maximum absolute atomic E-state index is 14.2. The van der Waals surface area contributed by atoms with E-state index in [2.05, 4.69) is 12.2 Å². The van der Waals surface area contributed by atoms with Gasteiger partial charge in [-0.15, -0.1) is 0 Å². The number of rotatable bonds is 10. The highest BCUT2D eigenvalue weighted by Gasteiger charge is 2.28. The third kappa shape index (κ3) is 5.61. The number of nitrogens with one attached hydrogen (secondary N) is 1. The first-order valence-corrected chi connectivity index (χ1v) is 11.9. The number of amides is 2. The van der Waals surface area contributed by atoms with Gasteiger partial charge in [0.25, 0.3) is 5.56 Å². The molecule has 0 aliphatic rings. The summed E-state index contributed by atoms with van der Waals surface area (Å²) in [5, 5.41) is 3.11. The van der Waals surface area contributed by atoms with Crippen molar-refractivity contribution in [1.82, 2.24) is 14.5 Å². The van der Waals surface area contributed by atoms with Crippen LogP contribution in [0, 0.1) is 11.6 Å². The molecule has 2 aromatic carbocycles. The fourth-order valence-electron chi connectivity index (χ4n) is 4.17. The molecular formula is C26H32F2N4O2. The van der Waals surface area contributed by atoms with Crippen LogP contribution in [0.15, 0.2) is 47.3 Å². The topological polar surface area (TPSA) is 67.2 Å². The summed E-state index contributed by atoms with van der Waals surface area (Å²) >= 11 is 0. The third-order valence-corrected chi connectivity index (χ3v) is 5.95. The molecular weight excluding hydrogens is 438 g/mol. The molecule has 3 rings (SSSR count). The van der Waals surface area contributed by atoms with Crippen LogP contribution >= 0.6 is 0 Å². The fourth-order valence-corrected chi connectivity index (χ4v) is 4.17. The summed E-state index contributed by atoms with van der Waals surface area (Å²) in [7, 11) is 0. The number of carbonyl (C=O) groups excluding carboxylic acids is 1. The van der Waals surface area contributed by atoms with Crippen molar-refractivity contribution >= 4 is 22.6 Å². The molecule has 34 heavy (non-hydrogen) atoms. The van der Waals surface area contributed by atoms with Crippen molar-refractivity contribution in [3.8, 4) is 0 Å². The fraction of sp³-hybridized carbons (Fsp3) is 0.423. The number of hydrogen-bond acceptors (Lipinski definition) is 3. The van der Waals surface area contributed by atoms with Gasteiger partial charge < -0.3 is 10.2 Å². The van der Waals surface area contributed by atoms with Gasteiger partial charge in [-0.05, 0) is 44.0 Å². The van der Waals surface area contributed by atoms with Crippen molar-refractivity contribution in [3.63, 3.8) is 0 Å². The Morgan fingerprint density at radius 2 is 1.85 bits per heavy atom. The number of benzene rings is 2. The van der Waals surface area contributed by atoms with Crippen LogP contribution in [0.25, 0.3) is 10.9 Å². The van der Waals surface area contributed by atoms with Crippen molar-refractivity contribution in [2.45, 2.75) is 65.5 Å². The first kappa shape index (κ1) is 25.3. The normalized spacial score (nSPS) is 12.0. The smallest absolute Gasteiger partial charge is 0.314 e. The van der Waals surface area contributed by atoms with Gasteiger partial charge in [-0.1, -0.05) is 45.2 Å². The van der Waals surface area contributed by atoms with E-state index in [9.17, 15) is 18.4 Å². The zero-order chi connectivity index (χ0) is 24.7. The number of fused-ring (bicyclic) bond motifs is 1. The van der Waals surface area contributed by atoms with Crippen LogP contribution in [0.1, 0.15) is 64.7 Å². The molecule has 182 valence electrons. The first-order chi connectivity index (χ1) is 16.4. The number of unbranched alkanes of at least 4 members (excludes halogenated alkanes) is 3. The van der Waals surface area contributed by atoms with Crippen LogP contribution in [0.2, 0.25) is 0 Å². The summed E-state index contributed by atoms with van der Waals surface area (Å²) in [6.45, 7) is 6.72. The number of urea groups is 1. The van der Waals surface area contributed by atoms with Crippen molar-refractivity contribution in [1.29, 1.82) is 0 Å². The molecule has 2 amide bonds. The molecule has 1 unspecified atom stereocenters. The monoisotopic (exact) mass is 470 g/mol. The molecule has 0 fully saturated rings. The number of halogens is 2. The van der Waals surface area contributed by atoms with Crippen LogP contribution < -0.4 is 10.9 Å². The van der Waals surface area contributed by atoms with Crippen LogP contribution in [-0.2, 0) is 6.54 Å². The molecule has 0 spiro atoms. The Labute approximate surface area is 198 Å². The minimum absolute atomic E-state index is 0.0980. The lowest BCUT2D eigenvalue weighted by Crippen LogP contribution is -2.41. The number of anilines is 1. The Kier molecular flexibility index (Phi) is 8.73. The van der Waals surface area contributed by atoms with Crippen molar-refractivity contribution in [2.24, 2.45) is 0 Å². The van der Waals surface area contributed by atoms with E-state index < -0.39 is 23.7 Å². The lowest BCUT2D eigenvalue weighted by atomic mass is 10.1. The maximum Gasteiger partial charge on any atom is 0.322 e. The van der Waals surface area contributed by atoms with Gasteiger partial charge in [0.05, 0.1) is 22.6 Å². The number of para-hydroxylation sites is 1. The van der Waals surface area contributed by atoms with E-state index in [4.69, 9.17) is 4.98 Å². The van der Waals surface area contributed by atoms with E-state index in [1.165, 1.54) is 6.07 Å². The molecule has 1 atom stereocenters. The zero-order valence-corrected chi connectivity index (χ0v) is 20.0. The number of carbonyl (C=O) groups is 1. The van der Waals surface area contributed by atoms with Gasteiger partial charge in [0, 0.05) is 19.2 Å². The molecule has 0 aliphatic heterocycles. The van der Waals surface area contributed by atoms with Gasteiger partial charge in [-0.25, -0.2) is 18.6 Å². The highest BCUT2D eigenvalue weighted by atomic mass is 19.1. The molecule has 0 saturated carbocycles. The Bertz CT molecular complexity index is 1200. The van der Waals surface area contributed by atoms with E-state index in [1.807, 2.05) is 19.9 Å². The Hall–Kier alpha value is -3.29. The molecule has 0 bridgehead atoms. The molecule has 0 radical (unpaired) electrons. The van der Waals surface area contributed by atoms with Crippen LogP contribution in [-0.4, -0.2) is 27.0 Å². The second-order valence-electron chi connectivity index (χ2n) is 8.27. The van der Waals surface area contributed by atoms with Crippen LogP contribution in [0.4, 0.5) is 19.3 Å². The summed E-state index contributed by atoms with van der Waals surface area (Å²) in [4.78, 5) is 32.9. The first-order valence-electron chi connectivity index (χ1n) is 11.9. The molecule has 1 aromatic heterocycles. The van der Waals surface area contributed by atoms with E-state index in [-0.39, 0.29) is 11.2 Å². The van der Waals surface area contributed by atoms with Crippen molar-refractivity contribution in [3.05, 3.63) is 70.3 Å². The number of aromatic nitrogens is 2. The molecule has 1 N–H and O–H groups in total.